The van der Waals surface area contributed by atoms with Crippen molar-refractivity contribution < 1.29 is 4.74 Å². The minimum atomic E-state index is 0.293. The highest BCUT2D eigenvalue weighted by Gasteiger charge is 2.10. The predicted molar refractivity (Wildman–Crippen MR) is 112 cm³/mol. The minimum Gasteiger partial charge on any atom is -0.488 e. The fourth-order valence-corrected chi connectivity index (χ4v) is 3.38. The monoisotopic (exact) mass is 422 g/mol. The van der Waals surface area contributed by atoms with Gasteiger partial charge in [0.2, 0.25) is 4.77 Å². The number of hydrogen-bond donors (Lipinski definition) is 2. The van der Waals surface area contributed by atoms with Crippen LogP contribution in [0.2, 0.25) is 10.0 Å². The van der Waals surface area contributed by atoms with Gasteiger partial charge in [-0.25, -0.2) is 4.68 Å². The molecule has 0 saturated heterocycles. The van der Waals surface area contributed by atoms with Gasteiger partial charge in [-0.2, -0.15) is 5.10 Å². The van der Waals surface area contributed by atoms with E-state index in [9.17, 15) is 0 Å². The summed E-state index contributed by atoms with van der Waals surface area (Å²) in [5.41, 5.74) is 5.07. The molecule has 2 aromatic carbocycles. The van der Waals surface area contributed by atoms with E-state index in [1.54, 1.807) is 16.8 Å². The molecule has 1 heterocycles. The summed E-state index contributed by atoms with van der Waals surface area (Å²) in [6.07, 6.45) is 1.82. The molecule has 0 aliphatic carbocycles. The Hall–Kier alpha value is -2.02. The Bertz CT molecular complexity index is 950. The molecule has 0 unspecified atom stereocenters. The average Bonchev–Trinajstić information content (AvgIpc) is 3.00. The van der Waals surface area contributed by atoms with Crippen molar-refractivity contribution in [3.8, 4) is 5.75 Å². The van der Waals surface area contributed by atoms with Crippen molar-refractivity contribution in [3.63, 3.8) is 0 Å². The minimum absolute atomic E-state index is 0.293. The molecule has 0 radical (unpaired) electrons. The highest BCUT2D eigenvalue weighted by Crippen LogP contribution is 2.27. The van der Waals surface area contributed by atoms with Gasteiger partial charge in [0, 0.05) is 27.6 Å². The number of aromatic amines is 1. The van der Waals surface area contributed by atoms with Gasteiger partial charge in [0.1, 0.15) is 12.4 Å². The van der Waals surface area contributed by atoms with Gasteiger partial charge in [0.05, 0.1) is 6.54 Å². The molecule has 0 saturated carbocycles. The molecule has 0 bridgehead atoms. The van der Waals surface area contributed by atoms with Gasteiger partial charge < -0.3 is 10.2 Å². The van der Waals surface area contributed by atoms with Crippen LogP contribution in [-0.2, 0) is 19.6 Å². The van der Waals surface area contributed by atoms with Crippen LogP contribution in [0.1, 0.15) is 30.3 Å². The van der Waals surface area contributed by atoms with E-state index in [2.05, 4.69) is 22.5 Å². The summed E-state index contributed by atoms with van der Waals surface area (Å²) in [7, 11) is 0. The number of aromatic nitrogens is 3. The van der Waals surface area contributed by atoms with Gasteiger partial charge in [0.25, 0.3) is 0 Å². The maximum Gasteiger partial charge on any atom is 0.214 e. The Labute approximate surface area is 173 Å². The van der Waals surface area contributed by atoms with E-state index >= 15 is 0 Å². The molecule has 3 rings (SSSR count). The van der Waals surface area contributed by atoms with E-state index in [1.807, 2.05) is 30.3 Å². The van der Waals surface area contributed by atoms with Crippen LogP contribution in [0, 0.1) is 4.77 Å². The highest BCUT2D eigenvalue weighted by molar-refractivity contribution is 7.71. The van der Waals surface area contributed by atoms with E-state index in [0.29, 0.717) is 28.0 Å². The maximum atomic E-state index is 6.23. The maximum absolute atomic E-state index is 6.23. The molecule has 5 nitrogen and oxygen atoms in total. The normalized spacial score (nSPS) is 10.8. The van der Waals surface area contributed by atoms with Crippen LogP contribution in [-0.4, -0.2) is 14.9 Å². The largest absolute Gasteiger partial charge is 0.488 e. The quantitative estimate of drug-likeness (QED) is 0.469. The van der Waals surface area contributed by atoms with Crippen molar-refractivity contribution in [2.75, 3.05) is 5.43 Å². The molecule has 0 aliphatic rings. The number of ether oxygens (including phenoxy) is 1. The standard InChI is InChI=1S/C19H20Cl2N4OS/c1-2-6-18-23-24-19(27)25(18)22-11-13-7-3-4-10-17(13)26-12-14-15(20)8-5-9-16(14)21/h3-5,7-10,22H,2,6,11-12H2,1H3,(H,24,27). The third-order valence-corrected chi connectivity index (χ3v) is 5.03. The van der Waals surface area contributed by atoms with E-state index in [-0.39, 0.29) is 0 Å². The first kappa shape index (κ1) is 19.7. The van der Waals surface area contributed by atoms with E-state index in [4.69, 9.17) is 40.2 Å². The number of aryl methyl sites for hydroxylation is 1. The number of benzene rings is 2. The summed E-state index contributed by atoms with van der Waals surface area (Å²) < 4.78 is 8.34. The number of nitrogens with one attached hydrogen (secondary N) is 2. The molecule has 27 heavy (non-hydrogen) atoms. The number of rotatable bonds is 8. The summed E-state index contributed by atoms with van der Waals surface area (Å²) in [4.78, 5) is 0. The first-order chi connectivity index (χ1) is 13.1. The number of nitrogens with zero attached hydrogens (tertiary/aromatic N) is 2. The molecule has 0 spiro atoms. The van der Waals surface area contributed by atoms with Crippen molar-refractivity contribution in [1.82, 2.24) is 14.9 Å². The van der Waals surface area contributed by atoms with E-state index in [1.165, 1.54) is 0 Å². The number of halogens is 2. The third-order valence-electron chi connectivity index (χ3n) is 4.05. The van der Waals surface area contributed by atoms with Gasteiger partial charge in [0.15, 0.2) is 5.82 Å². The lowest BCUT2D eigenvalue weighted by Gasteiger charge is -2.15. The average molecular weight is 423 g/mol. The van der Waals surface area contributed by atoms with Crippen molar-refractivity contribution in [2.24, 2.45) is 0 Å². The van der Waals surface area contributed by atoms with Crippen molar-refractivity contribution in [2.45, 2.75) is 32.9 Å². The lowest BCUT2D eigenvalue weighted by atomic mass is 10.2. The summed E-state index contributed by atoms with van der Waals surface area (Å²) in [6, 6.07) is 13.2. The topological polar surface area (TPSA) is 54.9 Å². The molecular weight excluding hydrogens is 403 g/mol. The zero-order valence-electron chi connectivity index (χ0n) is 14.8. The van der Waals surface area contributed by atoms with Crippen molar-refractivity contribution >= 4 is 35.4 Å². The second-order valence-corrected chi connectivity index (χ2v) is 7.16. The Kier molecular flexibility index (Phi) is 6.77. The van der Waals surface area contributed by atoms with Crippen LogP contribution >= 0.6 is 35.4 Å². The second-order valence-electron chi connectivity index (χ2n) is 5.96. The molecule has 0 aliphatic heterocycles. The lowest BCUT2D eigenvalue weighted by Crippen LogP contribution is -2.18. The number of hydrogen-bond acceptors (Lipinski definition) is 4. The SMILES string of the molecule is CCCc1n[nH]c(=S)n1NCc1ccccc1OCc1c(Cl)cccc1Cl. The molecule has 8 heteroatoms. The van der Waals surface area contributed by atoms with E-state index < -0.39 is 0 Å². The summed E-state index contributed by atoms with van der Waals surface area (Å²) in [5, 5.41) is 8.26. The molecule has 2 N–H and O–H groups in total. The summed E-state index contributed by atoms with van der Waals surface area (Å²) in [5.74, 6) is 1.64. The van der Waals surface area contributed by atoms with Crippen LogP contribution in [0.15, 0.2) is 42.5 Å². The lowest BCUT2D eigenvalue weighted by molar-refractivity contribution is 0.303. The van der Waals surface area contributed by atoms with Gasteiger partial charge in [-0.1, -0.05) is 54.4 Å². The third kappa shape index (κ3) is 4.83. The van der Waals surface area contributed by atoms with Crippen LogP contribution in [0.3, 0.4) is 0 Å². The van der Waals surface area contributed by atoms with Gasteiger partial charge in [-0.15, -0.1) is 0 Å². The highest BCUT2D eigenvalue weighted by atomic mass is 35.5. The van der Waals surface area contributed by atoms with Crippen LogP contribution in [0.25, 0.3) is 0 Å². The Morgan fingerprint density at radius 2 is 1.89 bits per heavy atom. The fourth-order valence-electron chi connectivity index (χ4n) is 2.66. The molecule has 0 amide bonds. The smallest absolute Gasteiger partial charge is 0.214 e. The van der Waals surface area contributed by atoms with Crippen LogP contribution in [0.4, 0.5) is 0 Å². The molecular formula is C19H20Cl2N4OS. The second kappa shape index (κ2) is 9.26. The summed E-state index contributed by atoms with van der Waals surface area (Å²) in [6.45, 7) is 2.93. The van der Waals surface area contributed by atoms with Crippen LogP contribution < -0.4 is 10.2 Å². The van der Waals surface area contributed by atoms with Crippen molar-refractivity contribution in [3.05, 3.63) is 74.2 Å². The van der Waals surface area contributed by atoms with E-state index in [0.717, 1.165) is 35.5 Å². The first-order valence-electron chi connectivity index (χ1n) is 8.64. The zero-order valence-corrected chi connectivity index (χ0v) is 17.2. The first-order valence-corrected chi connectivity index (χ1v) is 9.80. The summed E-state index contributed by atoms with van der Waals surface area (Å²) >= 11 is 17.8. The molecule has 0 atom stereocenters. The zero-order chi connectivity index (χ0) is 19.2. The molecule has 1 aromatic heterocycles. The van der Waals surface area contributed by atoms with Gasteiger partial charge >= 0.3 is 0 Å². The predicted octanol–water partition coefficient (Wildman–Crippen LogP) is 5.52. The Morgan fingerprint density at radius 3 is 2.63 bits per heavy atom. The van der Waals surface area contributed by atoms with Gasteiger partial charge in [-0.05, 0) is 36.8 Å². The van der Waals surface area contributed by atoms with Crippen molar-refractivity contribution in [1.29, 1.82) is 0 Å². The van der Waals surface area contributed by atoms with Gasteiger partial charge in [-0.3, -0.25) is 5.10 Å². The Morgan fingerprint density at radius 1 is 1.15 bits per heavy atom. The van der Waals surface area contributed by atoms with Crippen LogP contribution in [0.5, 0.6) is 5.75 Å². The fraction of sp³-hybridized carbons (Fsp3) is 0.263. The Balaban J connectivity index is 1.73. The number of para-hydroxylation sites is 1. The molecule has 0 fully saturated rings. The number of H-pyrrole nitrogens is 1. The molecule has 3 aromatic rings. The molecule has 142 valence electrons.